The van der Waals surface area contributed by atoms with Crippen LogP contribution in [0.3, 0.4) is 0 Å². The Bertz CT molecular complexity index is 742. The second kappa shape index (κ2) is 7.76. The maximum atomic E-state index is 11.9. The molecule has 4 rings (SSSR count). The molecule has 0 unspecified atom stereocenters. The highest BCUT2D eigenvalue weighted by atomic mass is 32.1. The van der Waals surface area contributed by atoms with Crippen LogP contribution in [0.15, 0.2) is 47.8 Å². The Balaban J connectivity index is 1.60. The van der Waals surface area contributed by atoms with Crippen molar-refractivity contribution in [2.45, 2.75) is 63.0 Å². The second-order valence-electron chi connectivity index (χ2n) is 8.01. The van der Waals surface area contributed by atoms with E-state index in [4.69, 9.17) is 4.74 Å². The summed E-state index contributed by atoms with van der Waals surface area (Å²) in [5, 5.41) is 2.21. The Kier molecular flexibility index (Phi) is 5.38. The number of rotatable bonds is 4. The van der Waals surface area contributed by atoms with E-state index in [-0.39, 0.29) is 11.5 Å². The normalized spacial score (nSPS) is 22.3. The molecule has 0 spiro atoms. The zero-order chi connectivity index (χ0) is 18.7. The fraction of sp³-hybridized carbons (Fsp3) is 0.522. The number of hydrogen-bond donors (Lipinski definition) is 0. The van der Waals surface area contributed by atoms with Crippen molar-refractivity contribution in [1.82, 2.24) is 4.90 Å². The zero-order valence-electron chi connectivity index (χ0n) is 16.2. The predicted molar refractivity (Wildman–Crippen MR) is 110 cm³/mol. The van der Waals surface area contributed by atoms with Crippen molar-refractivity contribution in [3.63, 3.8) is 0 Å². The summed E-state index contributed by atoms with van der Waals surface area (Å²) in [6.45, 7) is 3.48. The quantitative estimate of drug-likeness (QED) is 0.657. The molecule has 0 N–H and O–H groups in total. The Morgan fingerprint density at radius 3 is 2.26 bits per heavy atom. The second-order valence-corrected chi connectivity index (χ2v) is 8.96. The minimum Gasteiger partial charge on any atom is -0.454 e. The lowest BCUT2D eigenvalue weighted by Crippen LogP contribution is -2.54. The van der Waals surface area contributed by atoms with Crippen LogP contribution in [-0.4, -0.2) is 24.0 Å². The summed E-state index contributed by atoms with van der Waals surface area (Å²) in [4.78, 5) is 16.1. The number of benzene rings is 1. The van der Waals surface area contributed by atoms with Crippen LogP contribution in [0.5, 0.6) is 0 Å². The average Bonchev–Trinajstić information content (AvgIpc) is 3.25. The summed E-state index contributed by atoms with van der Waals surface area (Å²) in [5.74, 6) is -0.182. The zero-order valence-corrected chi connectivity index (χ0v) is 17.0. The molecule has 0 amide bonds. The number of nitrogens with zero attached hydrogens (tertiary/aromatic N) is 1. The van der Waals surface area contributed by atoms with Gasteiger partial charge in [0.05, 0.1) is 5.54 Å². The Hall–Kier alpha value is -1.65. The third-order valence-corrected chi connectivity index (χ3v) is 7.54. The first-order valence-electron chi connectivity index (χ1n) is 10.2. The van der Waals surface area contributed by atoms with E-state index in [1.165, 1.54) is 43.9 Å². The Morgan fingerprint density at radius 1 is 0.963 bits per heavy atom. The number of carbonyl (C=O) groups excluding carboxylic acids is 1. The number of hydrogen-bond acceptors (Lipinski definition) is 4. The highest BCUT2D eigenvalue weighted by molar-refractivity contribution is 7.10. The van der Waals surface area contributed by atoms with Crippen molar-refractivity contribution < 1.29 is 9.53 Å². The van der Waals surface area contributed by atoms with Gasteiger partial charge in [0.15, 0.2) is 0 Å². The third-order valence-electron chi connectivity index (χ3n) is 6.48. The van der Waals surface area contributed by atoms with E-state index in [1.54, 1.807) is 0 Å². The molecular formula is C23H29NO2S. The van der Waals surface area contributed by atoms with Crippen LogP contribution >= 0.6 is 11.3 Å². The van der Waals surface area contributed by atoms with E-state index in [0.29, 0.717) is 0 Å². The van der Waals surface area contributed by atoms with Crippen molar-refractivity contribution in [3.05, 3.63) is 58.3 Å². The van der Waals surface area contributed by atoms with Crippen LogP contribution in [0.4, 0.5) is 0 Å². The fourth-order valence-electron chi connectivity index (χ4n) is 5.16. The molecule has 2 aromatic rings. The molecule has 2 fully saturated rings. The molecule has 144 valence electrons. The van der Waals surface area contributed by atoms with Crippen molar-refractivity contribution in [3.8, 4) is 0 Å². The number of thiophene rings is 1. The molecular weight excluding hydrogens is 354 g/mol. The molecule has 0 bridgehead atoms. The van der Waals surface area contributed by atoms with E-state index in [1.807, 2.05) is 29.5 Å². The maximum Gasteiger partial charge on any atom is 0.303 e. The van der Waals surface area contributed by atoms with Gasteiger partial charge in [0.25, 0.3) is 0 Å². The summed E-state index contributed by atoms with van der Waals surface area (Å²) in [7, 11) is 0. The Morgan fingerprint density at radius 2 is 1.67 bits per heavy atom. The molecule has 1 aromatic carbocycles. The molecule has 1 saturated carbocycles. The van der Waals surface area contributed by atoms with Gasteiger partial charge in [0.2, 0.25) is 0 Å². The number of piperidine rings is 1. The van der Waals surface area contributed by atoms with Crippen LogP contribution < -0.4 is 0 Å². The molecule has 1 aliphatic heterocycles. The molecule has 3 nitrogen and oxygen atoms in total. The van der Waals surface area contributed by atoms with Gasteiger partial charge in [0.1, 0.15) is 5.60 Å². The van der Waals surface area contributed by atoms with Crippen molar-refractivity contribution >= 4 is 17.3 Å². The number of likely N-dealkylation sites (tertiary alicyclic amines) is 1. The Labute approximate surface area is 166 Å². The first-order chi connectivity index (χ1) is 13.1. The van der Waals surface area contributed by atoms with Gasteiger partial charge < -0.3 is 4.74 Å². The lowest BCUT2D eigenvalue weighted by molar-refractivity contribution is -0.166. The van der Waals surface area contributed by atoms with Crippen molar-refractivity contribution in [2.24, 2.45) is 0 Å². The number of carbonyl (C=O) groups is 1. The van der Waals surface area contributed by atoms with Gasteiger partial charge in [0, 0.05) is 37.7 Å². The van der Waals surface area contributed by atoms with Crippen LogP contribution in [0, 0.1) is 0 Å². The van der Waals surface area contributed by atoms with Crippen LogP contribution in [-0.2, 0) is 20.7 Å². The average molecular weight is 384 g/mol. The van der Waals surface area contributed by atoms with Crippen molar-refractivity contribution in [1.29, 1.82) is 0 Å². The van der Waals surface area contributed by atoms with Gasteiger partial charge in [-0.1, -0.05) is 55.7 Å². The molecule has 1 aliphatic carbocycles. The van der Waals surface area contributed by atoms with Gasteiger partial charge in [-0.05, 0) is 29.9 Å². The predicted octanol–water partition coefficient (Wildman–Crippen LogP) is 5.46. The van der Waals surface area contributed by atoms with Crippen molar-refractivity contribution in [2.75, 3.05) is 13.1 Å². The van der Waals surface area contributed by atoms with Gasteiger partial charge in [-0.25, -0.2) is 0 Å². The van der Waals surface area contributed by atoms with E-state index in [9.17, 15) is 4.79 Å². The molecule has 0 atom stereocenters. The molecule has 1 saturated heterocycles. The fourth-order valence-corrected chi connectivity index (χ4v) is 6.17. The standard InChI is InChI=1S/C23H29NO2S/c1-19(25)26-23(20-9-4-2-5-10-20)14-16-24(17-15-23)22(12-6-3-7-13-22)21-11-8-18-27-21/h2,4-5,8-11,18H,3,6-7,12-17H2,1H3. The first kappa shape index (κ1) is 18.7. The largest absolute Gasteiger partial charge is 0.454 e. The highest BCUT2D eigenvalue weighted by Gasteiger charge is 2.46. The molecule has 27 heavy (non-hydrogen) atoms. The number of esters is 1. The molecule has 1 aromatic heterocycles. The summed E-state index contributed by atoms with van der Waals surface area (Å²) in [5.41, 5.74) is 0.842. The van der Waals surface area contributed by atoms with E-state index in [2.05, 4.69) is 34.5 Å². The monoisotopic (exact) mass is 383 g/mol. The summed E-state index contributed by atoms with van der Waals surface area (Å²) < 4.78 is 5.96. The maximum absolute atomic E-state index is 11.9. The molecule has 2 heterocycles. The summed E-state index contributed by atoms with van der Waals surface area (Å²) in [6, 6.07) is 14.8. The minimum absolute atomic E-state index is 0.182. The third kappa shape index (κ3) is 3.57. The molecule has 4 heteroatoms. The lowest BCUT2D eigenvalue weighted by atomic mass is 9.76. The van der Waals surface area contributed by atoms with Gasteiger partial charge in [-0.3, -0.25) is 9.69 Å². The summed E-state index contributed by atoms with van der Waals surface area (Å²) >= 11 is 1.90. The number of ether oxygens (including phenoxy) is 1. The lowest BCUT2D eigenvalue weighted by Gasteiger charge is -2.51. The minimum atomic E-state index is -0.477. The van der Waals surface area contributed by atoms with Crippen LogP contribution in [0.2, 0.25) is 0 Å². The SMILES string of the molecule is CC(=O)OC1(c2ccccc2)CCN(C2(c3cccs3)CCCCC2)CC1. The first-order valence-corrected chi connectivity index (χ1v) is 11.1. The van der Waals surface area contributed by atoms with Gasteiger partial charge in [-0.2, -0.15) is 0 Å². The molecule has 0 radical (unpaired) electrons. The topological polar surface area (TPSA) is 29.5 Å². The highest BCUT2D eigenvalue weighted by Crippen LogP contribution is 2.48. The van der Waals surface area contributed by atoms with E-state index >= 15 is 0 Å². The summed E-state index contributed by atoms with van der Waals surface area (Å²) in [6.07, 6.45) is 8.19. The van der Waals surface area contributed by atoms with E-state index in [0.717, 1.165) is 31.5 Å². The van der Waals surface area contributed by atoms with Gasteiger partial charge in [-0.15, -0.1) is 11.3 Å². The van der Waals surface area contributed by atoms with Crippen LogP contribution in [0.1, 0.15) is 62.3 Å². The van der Waals surface area contributed by atoms with Crippen LogP contribution in [0.25, 0.3) is 0 Å². The molecule has 2 aliphatic rings. The van der Waals surface area contributed by atoms with Gasteiger partial charge >= 0.3 is 5.97 Å². The smallest absolute Gasteiger partial charge is 0.303 e. The van der Waals surface area contributed by atoms with E-state index < -0.39 is 5.60 Å².